The second kappa shape index (κ2) is 4.57. The van der Waals surface area contributed by atoms with Crippen molar-refractivity contribution in [2.75, 3.05) is 0 Å². The molecule has 4 nitrogen and oxygen atoms in total. The van der Waals surface area contributed by atoms with Gasteiger partial charge in [-0.3, -0.25) is 9.78 Å². The van der Waals surface area contributed by atoms with E-state index in [9.17, 15) is 4.79 Å². The first-order valence-electron chi connectivity index (χ1n) is 5.74. The topological polar surface area (TPSA) is 69.1 Å². The van der Waals surface area contributed by atoms with Crippen molar-refractivity contribution in [1.29, 1.82) is 0 Å². The predicted octanol–water partition coefficient (Wildman–Crippen LogP) is 2.52. The third-order valence-corrected chi connectivity index (χ3v) is 2.79. The monoisotopic (exact) mass is 232 g/mol. The average Bonchev–Trinajstić information content (AvgIpc) is 2.65. The van der Waals surface area contributed by atoms with Crippen LogP contribution in [0.25, 0.3) is 11.0 Å². The number of carbonyl (C=O) groups is 1. The first-order chi connectivity index (χ1) is 8.09. The lowest BCUT2D eigenvalue weighted by Crippen LogP contribution is -2.12. The number of nitrogens with two attached hydrogens (primary N) is 1. The molecule has 0 aromatic carbocycles. The number of carbonyl (C=O) groups excluding carboxylic acids is 1. The third kappa shape index (κ3) is 2.30. The minimum atomic E-state index is -0.514. The van der Waals surface area contributed by atoms with Crippen molar-refractivity contribution in [2.45, 2.75) is 26.7 Å². The van der Waals surface area contributed by atoms with Gasteiger partial charge < -0.3 is 10.2 Å². The highest BCUT2D eigenvalue weighted by atomic mass is 16.3. The zero-order valence-corrected chi connectivity index (χ0v) is 10.1. The number of furan rings is 1. The van der Waals surface area contributed by atoms with Gasteiger partial charge in [0.2, 0.25) is 0 Å². The zero-order chi connectivity index (χ0) is 12.4. The summed E-state index contributed by atoms with van der Waals surface area (Å²) in [6.45, 7) is 4.29. The summed E-state index contributed by atoms with van der Waals surface area (Å²) in [4.78, 5) is 15.4. The molecule has 0 saturated carbocycles. The highest BCUT2D eigenvalue weighted by Crippen LogP contribution is 2.26. The van der Waals surface area contributed by atoms with E-state index >= 15 is 0 Å². The van der Waals surface area contributed by atoms with Crippen LogP contribution in [-0.4, -0.2) is 10.9 Å². The number of amides is 1. The van der Waals surface area contributed by atoms with Gasteiger partial charge in [0.1, 0.15) is 5.58 Å². The van der Waals surface area contributed by atoms with Crippen LogP contribution in [0, 0.1) is 5.92 Å². The molecule has 0 bridgehead atoms. The molecule has 2 aromatic heterocycles. The highest BCUT2D eigenvalue weighted by Gasteiger charge is 2.18. The molecular weight excluding hydrogens is 216 g/mol. The Labute approximate surface area is 99.8 Å². The molecule has 2 rings (SSSR count). The van der Waals surface area contributed by atoms with Crippen LogP contribution in [0.5, 0.6) is 0 Å². The molecule has 0 saturated heterocycles. The Morgan fingerprint density at radius 3 is 2.94 bits per heavy atom. The molecule has 4 heteroatoms. The Morgan fingerprint density at radius 1 is 1.53 bits per heavy atom. The average molecular weight is 232 g/mol. The van der Waals surface area contributed by atoms with Crippen LogP contribution in [0.15, 0.2) is 22.9 Å². The molecule has 17 heavy (non-hydrogen) atoms. The number of pyridine rings is 1. The molecule has 1 amide bonds. The molecule has 0 fully saturated rings. The maximum absolute atomic E-state index is 11.3. The normalized spacial score (nSPS) is 11.2. The summed E-state index contributed by atoms with van der Waals surface area (Å²) in [7, 11) is 0. The van der Waals surface area contributed by atoms with Crippen LogP contribution in [-0.2, 0) is 6.42 Å². The van der Waals surface area contributed by atoms with E-state index in [1.54, 1.807) is 18.5 Å². The van der Waals surface area contributed by atoms with Gasteiger partial charge in [-0.25, -0.2) is 0 Å². The van der Waals surface area contributed by atoms with Gasteiger partial charge >= 0.3 is 0 Å². The lowest BCUT2D eigenvalue weighted by atomic mass is 10.0. The van der Waals surface area contributed by atoms with Gasteiger partial charge in [-0.1, -0.05) is 13.8 Å². The van der Waals surface area contributed by atoms with Gasteiger partial charge in [-0.15, -0.1) is 0 Å². The highest BCUT2D eigenvalue weighted by molar-refractivity contribution is 5.97. The minimum absolute atomic E-state index is 0.272. The van der Waals surface area contributed by atoms with Crippen LogP contribution in [0.4, 0.5) is 0 Å². The Hall–Kier alpha value is -1.84. The van der Waals surface area contributed by atoms with Crippen LogP contribution >= 0.6 is 0 Å². The molecule has 0 atom stereocenters. The molecule has 2 heterocycles. The molecular formula is C13H16N2O2. The summed E-state index contributed by atoms with van der Waals surface area (Å²) >= 11 is 0. The van der Waals surface area contributed by atoms with Crippen LogP contribution < -0.4 is 5.73 Å². The summed E-state index contributed by atoms with van der Waals surface area (Å²) in [5, 5.41) is 0.891. The molecule has 2 aromatic rings. The number of nitrogens with zero attached hydrogens (tertiary/aromatic N) is 1. The van der Waals surface area contributed by atoms with E-state index < -0.39 is 5.91 Å². The fourth-order valence-corrected chi connectivity index (χ4v) is 1.87. The number of hydrogen-bond donors (Lipinski definition) is 1. The van der Waals surface area contributed by atoms with E-state index in [1.807, 2.05) is 0 Å². The summed E-state index contributed by atoms with van der Waals surface area (Å²) in [5.74, 6) is 0.325. The molecule has 90 valence electrons. The van der Waals surface area contributed by atoms with Crippen molar-refractivity contribution in [2.24, 2.45) is 11.7 Å². The second-order valence-corrected chi connectivity index (χ2v) is 4.58. The number of hydrogen-bond acceptors (Lipinski definition) is 3. The predicted molar refractivity (Wildman–Crippen MR) is 65.7 cm³/mol. The van der Waals surface area contributed by atoms with Gasteiger partial charge in [-0.05, 0) is 24.8 Å². The molecule has 0 aliphatic heterocycles. The van der Waals surface area contributed by atoms with Crippen molar-refractivity contribution in [3.05, 3.63) is 29.8 Å². The summed E-state index contributed by atoms with van der Waals surface area (Å²) < 4.78 is 5.48. The number of rotatable bonds is 4. The SMILES string of the molecule is CC(C)CCc1c(C(N)=O)oc2ccncc12. The molecule has 0 aliphatic carbocycles. The van der Waals surface area contributed by atoms with Gasteiger partial charge in [0.25, 0.3) is 5.91 Å². The van der Waals surface area contributed by atoms with Crippen molar-refractivity contribution < 1.29 is 9.21 Å². The van der Waals surface area contributed by atoms with E-state index in [1.165, 1.54) is 0 Å². The maximum atomic E-state index is 11.3. The largest absolute Gasteiger partial charge is 0.451 e. The third-order valence-electron chi connectivity index (χ3n) is 2.79. The quantitative estimate of drug-likeness (QED) is 0.880. The van der Waals surface area contributed by atoms with Gasteiger partial charge in [0, 0.05) is 23.3 Å². The molecule has 0 unspecified atom stereocenters. The number of aromatic nitrogens is 1. The van der Waals surface area contributed by atoms with E-state index in [4.69, 9.17) is 10.2 Å². The fraction of sp³-hybridized carbons (Fsp3) is 0.385. The van der Waals surface area contributed by atoms with Crippen molar-refractivity contribution >= 4 is 16.9 Å². The minimum Gasteiger partial charge on any atom is -0.451 e. The summed E-state index contributed by atoms with van der Waals surface area (Å²) in [6.07, 6.45) is 5.14. The van der Waals surface area contributed by atoms with Crippen LogP contribution in [0.1, 0.15) is 36.4 Å². The van der Waals surface area contributed by atoms with Crippen molar-refractivity contribution in [3.63, 3.8) is 0 Å². The van der Waals surface area contributed by atoms with E-state index in [-0.39, 0.29) is 5.76 Å². The first-order valence-corrected chi connectivity index (χ1v) is 5.74. The standard InChI is InChI=1S/C13H16N2O2/c1-8(2)3-4-9-10-7-15-6-5-11(10)17-12(9)13(14)16/h5-8H,3-4H2,1-2H3,(H2,14,16). The van der Waals surface area contributed by atoms with Crippen molar-refractivity contribution in [3.8, 4) is 0 Å². The Morgan fingerprint density at radius 2 is 2.29 bits per heavy atom. The summed E-state index contributed by atoms with van der Waals surface area (Å²) in [5.41, 5.74) is 6.89. The molecule has 0 radical (unpaired) electrons. The molecule has 0 spiro atoms. The number of fused-ring (bicyclic) bond motifs is 1. The second-order valence-electron chi connectivity index (χ2n) is 4.58. The number of aryl methyl sites for hydroxylation is 1. The molecule has 2 N–H and O–H groups in total. The van der Waals surface area contributed by atoms with Crippen LogP contribution in [0.2, 0.25) is 0 Å². The zero-order valence-electron chi connectivity index (χ0n) is 10.1. The Balaban J connectivity index is 2.48. The lowest BCUT2D eigenvalue weighted by Gasteiger charge is -2.03. The Kier molecular flexibility index (Phi) is 3.13. The van der Waals surface area contributed by atoms with Crippen molar-refractivity contribution in [1.82, 2.24) is 4.98 Å². The first kappa shape index (κ1) is 11.6. The van der Waals surface area contributed by atoms with E-state index in [0.717, 1.165) is 23.8 Å². The van der Waals surface area contributed by atoms with Gasteiger partial charge in [-0.2, -0.15) is 0 Å². The molecule has 0 aliphatic rings. The summed E-state index contributed by atoms with van der Waals surface area (Å²) in [6, 6.07) is 1.75. The smallest absolute Gasteiger partial charge is 0.284 e. The maximum Gasteiger partial charge on any atom is 0.284 e. The van der Waals surface area contributed by atoms with E-state index in [2.05, 4.69) is 18.8 Å². The number of primary amides is 1. The van der Waals surface area contributed by atoms with Crippen LogP contribution in [0.3, 0.4) is 0 Å². The lowest BCUT2D eigenvalue weighted by molar-refractivity contribution is 0.0974. The van der Waals surface area contributed by atoms with Gasteiger partial charge in [0.05, 0.1) is 0 Å². The van der Waals surface area contributed by atoms with Gasteiger partial charge in [0.15, 0.2) is 5.76 Å². The fourth-order valence-electron chi connectivity index (χ4n) is 1.87. The Bertz CT molecular complexity index is 543. The van der Waals surface area contributed by atoms with E-state index in [0.29, 0.717) is 11.5 Å².